The van der Waals surface area contributed by atoms with E-state index in [1.165, 1.54) is 110 Å². The molecule has 4 aliphatic rings. The van der Waals surface area contributed by atoms with E-state index in [1.807, 2.05) is 0 Å². The molecule has 8 aromatic carbocycles. The van der Waals surface area contributed by atoms with Crippen LogP contribution in [-0.2, 0) is 25.7 Å². The zero-order valence-corrected chi connectivity index (χ0v) is 35.4. The summed E-state index contributed by atoms with van der Waals surface area (Å²) in [7, 11) is 0. The third kappa shape index (κ3) is 6.83. The van der Waals surface area contributed by atoms with E-state index >= 15 is 0 Å². The van der Waals surface area contributed by atoms with Gasteiger partial charge in [0.2, 0.25) is 0 Å². The van der Waals surface area contributed by atoms with Crippen molar-refractivity contribution in [1.29, 1.82) is 0 Å². The lowest BCUT2D eigenvalue weighted by Crippen LogP contribution is -2.08. The molecule has 8 aromatic rings. The second-order valence-corrected chi connectivity index (χ2v) is 17.0. The van der Waals surface area contributed by atoms with Crippen LogP contribution in [0.3, 0.4) is 0 Å². The third-order valence-corrected chi connectivity index (χ3v) is 13.6. The molecule has 0 saturated heterocycles. The zero-order chi connectivity index (χ0) is 42.3. The monoisotopic (exact) mass is 806 g/mol. The quantitative estimate of drug-likeness (QED) is 0.176. The Morgan fingerprint density at radius 2 is 0.645 bits per heavy atom. The van der Waals surface area contributed by atoms with Gasteiger partial charge in [0.05, 0.1) is 0 Å². The van der Waals surface area contributed by atoms with Crippen LogP contribution in [-0.4, -0.2) is 16.4 Å². The van der Waals surface area contributed by atoms with E-state index in [0.29, 0.717) is 11.8 Å². The lowest BCUT2D eigenvalue weighted by molar-refractivity contribution is 0.137. The Hall–Kier alpha value is -6.97. The Bertz CT molecular complexity index is 2790. The lowest BCUT2D eigenvalue weighted by atomic mass is 9.78. The van der Waals surface area contributed by atoms with Crippen molar-refractivity contribution >= 4 is 73.5 Å². The summed E-state index contributed by atoms with van der Waals surface area (Å²) in [4.78, 5) is 8.56. The SMILES string of the molecule is CCC(c1ccc2cccc3c2c1C=CC3)c1ccc2cccc3c2c1C=CC3.CCC(c1ccc2cccc3c2c1C=CC3)c1ccc2cccc3c2c1C=CC3.O=C(O)O. The summed E-state index contributed by atoms with van der Waals surface area (Å²) in [5, 5.41) is 25.2. The fourth-order valence-electron chi connectivity index (χ4n) is 11.0. The number of carboxylic acid groups (broad SMARTS) is 2. The minimum Gasteiger partial charge on any atom is -0.450 e. The second kappa shape index (κ2) is 16.5. The topological polar surface area (TPSA) is 57.5 Å². The predicted octanol–water partition coefficient (Wildman–Crippen LogP) is 15.6. The van der Waals surface area contributed by atoms with Gasteiger partial charge in [-0.05, 0) is 148 Å². The Balaban J connectivity index is 0.000000136. The van der Waals surface area contributed by atoms with Crippen molar-refractivity contribution in [2.24, 2.45) is 0 Å². The Morgan fingerprint density at radius 1 is 0.403 bits per heavy atom. The Kier molecular flexibility index (Phi) is 10.4. The molecule has 0 atom stereocenters. The van der Waals surface area contributed by atoms with Gasteiger partial charge in [-0.15, -0.1) is 0 Å². The fraction of sp³-hybridized carbons (Fsp3) is 0.169. The summed E-state index contributed by atoms with van der Waals surface area (Å²) >= 11 is 0. The molecule has 0 fully saturated rings. The molecule has 12 rings (SSSR count). The van der Waals surface area contributed by atoms with E-state index in [4.69, 9.17) is 15.0 Å². The molecule has 0 unspecified atom stereocenters. The van der Waals surface area contributed by atoms with Gasteiger partial charge in [0.25, 0.3) is 0 Å². The van der Waals surface area contributed by atoms with Crippen LogP contribution >= 0.6 is 0 Å². The standard InChI is InChI=1S/2C29H24.CH2O3/c2*1-2-23(24-17-15-21-9-3-7-19-11-5-13-26(24)28(19)21)25-18-16-22-10-4-8-20-12-6-14-27(25)29(20)22;2-1(3)4/h2*3-10,13-18,23H,2,11-12H2,1H3;(H2,2,3,4). The highest BCUT2D eigenvalue weighted by Crippen LogP contribution is 2.44. The molecule has 0 radical (unpaired) electrons. The molecule has 304 valence electrons. The summed E-state index contributed by atoms with van der Waals surface area (Å²) in [5.74, 6) is 0.806. The molecule has 0 aromatic heterocycles. The summed E-state index contributed by atoms with van der Waals surface area (Å²) < 4.78 is 0. The molecule has 0 heterocycles. The van der Waals surface area contributed by atoms with E-state index in [2.05, 4.69) is 184 Å². The van der Waals surface area contributed by atoms with Crippen molar-refractivity contribution in [3.05, 3.63) is 212 Å². The van der Waals surface area contributed by atoms with Crippen LogP contribution in [0.1, 0.15) is 105 Å². The van der Waals surface area contributed by atoms with Gasteiger partial charge in [-0.1, -0.05) is 184 Å². The summed E-state index contributed by atoms with van der Waals surface area (Å²) in [5.41, 5.74) is 17.4. The second-order valence-electron chi connectivity index (χ2n) is 17.0. The lowest BCUT2D eigenvalue weighted by Gasteiger charge is -2.26. The fourth-order valence-corrected chi connectivity index (χ4v) is 11.0. The van der Waals surface area contributed by atoms with E-state index in [-0.39, 0.29) is 0 Å². The van der Waals surface area contributed by atoms with Crippen LogP contribution in [0.4, 0.5) is 4.79 Å². The van der Waals surface area contributed by atoms with E-state index in [1.54, 1.807) is 0 Å². The van der Waals surface area contributed by atoms with Crippen LogP contribution in [0.25, 0.3) is 67.4 Å². The van der Waals surface area contributed by atoms with Crippen molar-refractivity contribution in [3.63, 3.8) is 0 Å². The predicted molar refractivity (Wildman–Crippen MR) is 262 cm³/mol. The van der Waals surface area contributed by atoms with E-state index in [0.717, 1.165) is 38.5 Å². The smallest absolute Gasteiger partial charge is 0.450 e. The van der Waals surface area contributed by atoms with Gasteiger partial charge in [-0.2, -0.15) is 0 Å². The van der Waals surface area contributed by atoms with E-state index in [9.17, 15) is 0 Å². The molecular weight excluding hydrogens is 757 g/mol. The summed E-state index contributed by atoms with van der Waals surface area (Å²) in [6.45, 7) is 4.66. The van der Waals surface area contributed by atoms with Gasteiger partial charge in [0.15, 0.2) is 0 Å². The van der Waals surface area contributed by atoms with Gasteiger partial charge >= 0.3 is 6.16 Å². The first-order valence-electron chi connectivity index (χ1n) is 22.2. The van der Waals surface area contributed by atoms with Crippen molar-refractivity contribution < 1.29 is 15.0 Å². The highest BCUT2D eigenvalue weighted by atomic mass is 16.6. The van der Waals surface area contributed by atoms with Crippen molar-refractivity contribution in [3.8, 4) is 0 Å². The molecular formula is C59H50O3. The number of carbonyl (C=O) groups is 1. The molecule has 3 nitrogen and oxygen atoms in total. The van der Waals surface area contributed by atoms with Crippen LogP contribution in [0.5, 0.6) is 0 Å². The molecule has 0 bridgehead atoms. The number of rotatable bonds is 6. The largest absolute Gasteiger partial charge is 0.503 e. The number of hydrogen-bond acceptors (Lipinski definition) is 1. The van der Waals surface area contributed by atoms with Crippen molar-refractivity contribution in [2.75, 3.05) is 0 Å². The van der Waals surface area contributed by atoms with E-state index < -0.39 is 6.16 Å². The Morgan fingerprint density at radius 3 is 0.871 bits per heavy atom. The summed E-state index contributed by atoms with van der Waals surface area (Å²) in [6.07, 6.45) is 23.3. The van der Waals surface area contributed by atoms with Crippen LogP contribution < -0.4 is 0 Å². The normalized spacial score (nSPS) is 13.7. The molecule has 0 amide bonds. The average molecular weight is 807 g/mol. The van der Waals surface area contributed by atoms with Crippen LogP contribution in [0, 0.1) is 0 Å². The Labute approximate surface area is 363 Å². The first-order valence-corrected chi connectivity index (χ1v) is 22.2. The van der Waals surface area contributed by atoms with Crippen LogP contribution in [0.2, 0.25) is 0 Å². The molecule has 0 spiro atoms. The number of benzene rings is 8. The molecule has 2 N–H and O–H groups in total. The van der Waals surface area contributed by atoms with Crippen molar-refractivity contribution in [2.45, 2.75) is 64.2 Å². The zero-order valence-electron chi connectivity index (χ0n) is 35.4. The average Bonchev–Trinajstić information content (AvgIpc) is 3.30. The third-order valence-electron chi connectivity index (χ3n) is 13.6. The van der Waals surface area contributed by atoms with Gasteiger partial charge in [-0.3, -0.25) is 0 Å². The maximum absolute atomic E-state index is 8.56. The minimum atomic E-state index is -1.83. The number of hydrogen-bond donors (Lipinski definition) is 2. The van der Waals surface area contributed by atoms with Crippen molar-refractivity contribution in [1.82, 2.24) is 0 Å². The minimum absolute atomic E-state index is 0.403. The first kappa shape index (κ1) is 39.2. The summed E-state index contributed by atoms with van der Waals surface area (Å²) in [6, 6.07) is 45.7. The van der Waals surface area contributed by atoms with Crippen LogP contribution in [0.15, 0.2) is 146 Å². The molecule has 3 heteroatoms. The van der Waals surface area contributed by atoms with Gasteiger partial charge in [0.1, 0.15) is 0 Å². The molecule has 0 saturated carbocycles. The number of allylic oxidation sites excluding steroid dienone is 4. The maximum Gasteiger partial charge on any atom is 0.503 e. The highest BCUT2D eigenvalue weighted by Gasteiger charge is 2.25. The van der Waals surface area contributed by atoms with Gasteiger partial charge in [0, 0.05) is 11.8 Å². The molecule has 0 aliphatic heterocycles. The first-order chi connectivity index (χ1) is 30.4. The van der Waals surface area contributed by atoms with Gasteiger partial charge in [-0.25, -0.2) is 4.79 Å². The molecule has 62 heavy (non-hydrogen) atoms. The van der Waals surface area contributed by atoms with Gasteiger partial charge < -0.3 is 10.2 Å². The highest BCUT2D eigenvalue weighted by molar-refractivity contribution is 6.00. The molecule has 4 aliphatic carbocycles. The maximum atomic E-state index is 8.56.